The first-order valence-corrected chi connectivity index (χ1v) is 6.86. The molecule has 0 radical (unpaired) electrons. The number of benzene rings is 1. The molecule has 0 bridgehead atoms. The minimum atomic E-state index is 0.745. The van der Waals surface area contributed by atoms with E-state index in [9.17, 15) is 0 Å². The molecule has 0 saturated heterocycles. The van der Waals surface area contributed by atoms with Crippen molar-refractivity contribution in [1.82, 2.24) is 20.6 Å². The van der Waals surface area contributed by atoms with Gasteiger partial charge < -0.3 is 0 Å². The van der Waals surface area contributed by atoms with Gasteiger partial charge in [-0.15, -0.1) is 10.2 Å². The summed E-state index contributed by atoms with van der Waals surface area (Å²) in [6.45, 7) is 0. The molecule has 0 aliphatic carbocycles. The van der Waals surface area contributed by atoms with Crippen LogP contribution in [-0.4, -0.2) is 20.6 Å². The van der Waals surface area contributed by atoms with Crippen molar-refractivity contribution in [2.75, 3.05) is 0 Å². The fourth-order valence-corrected chi connectivity index (χ4v) is 1.60. The van der Waals surface area contributed by atoms with Crippen LogP contribution in [-0.2, 0) is 0 Å². The van der Waals surface area contributed by atoms with Gasteiger partial charge in [0.1, 0.15) is 0 Å². The number of hydrogen-bond acceptors (Lipinski definition) is 4. The molecule has 0 amide bonds. The van der Waals surface area contributed by atoms with E-state index in [1.54, 1.807) is 12.3 Å². The third kappa shape index (κ3) is 5.88. The van der Waals surface area contributed by atoms with Crippen LogP contribution in [0.4, 0.5) is 0 Å². The van der Waals surface area contributed by atoms with Crippen molar-refractivity contribution in [3.63, 3.8) is 0 Å². The molecule has 0 aliphatic rings. The van der Waals surface area contributed by atoms with Gasteiger partial charge in [0.2, 0.25) is 0 Å². The molecule has 0 N–H and O–H groups in total. The van der Waals surface area contributed by atoms with Crippen molar-refractivity contribution < 1.29 is 0 Å². The lowest BCUT2D eigenvalue weighted by Gasteiger charge is -1.87. The Balaban J connectivity index is 2.53. The van der Waals surface area contributed by atoms with Crippen molar-refractivity contribution >= 4 is 10.9 Å². The van der Waals surface area contributed by atoms with Crippen LogP contribution in [0.25, 0.3) is 10.9 Å². The van der Waals surface area contributed by atoms with Gasteiger partial charge in [-0.2, -0.15) is 0 Å². The van der Waals surface area contributed by atoms with Gasteiger partial charge in [0.15, 0.2) is 0 Å². The third-order valence-corrected chi connectivity index (χ3v) is 2.61. The van der Waals surface area contributed by atoms with Gasteiger partial charge in [-0.1, -0.05) is 78.9 Å². The quantitative estimate of drug-likeness (QED) is 0.740. The largest absolute Gasteiger partial charge is 0.137 e. The Kier molecular flexibility index (Phi) is 6.74. The van der Waals surface area contributed by atoms with Crippen molar-refractivity contribution in [2.45, 2.75) is 0 Å². The maximum Gasteiger partial charge on any atom is 0.0947 e. The molecule has 4 heteroatoms. The minimum Gasteiger partial charge on any atom is -0.137 e. The van der Waals surface area contributed by atoms with Gasteiger partial charge in [-0.25, -0.2) is 0 Å². The molecule has 2 aromatic rings. The van der Waals surface area contributed by atoms with Crippen molar-refractivity contribution in [2.24, 2.45) is 0 Å². The number of nitrogens with zero attached hydrogens (tertiary/aromatic N) is 4. The highest BCUT2D eigenvalue weighted by molar-refractivity contribution is 5.76. The van der Waals surface area contributed by atoms with Gasteiger partial charge in [-0.05, 0) is 22.6 Å². The van der Waals surface area contributed by atoms with Gasteiger partial charge in [-0.3, -0.25) is 0 Å². The van der Waals surface area contributed by atoms with E-state index in [-0.39, 0.29) is 0 Å². The predicted octanol–water partition coefficient (Wildman–Crippen LogP) is 3.79. The molecule has 2 rings (SSSR count). The van der Waals surface area contributed by atoms with Crippen LogP contribution >= 0.6 is 0 Å². The summed E-state index contributed by atoms with van der Waals surface area (Å²) in [7, 11) is 0. The van der Waals surface area contributed by atoms with Gasteiger partial charge in [0.25, 0.3) is 0 Å². The fraction of sp³-hybridized carbons (Fsp3) is 0. The Morgan fingerprint density at radius 3 is 1.77 bits per heavy atom. The summed E-state index contributed by atoms with van der Waals surface area (Å²) < 4.78 is 0. The van der Waals surface area contributed by atoms with Gasteiger partial charge in [0, 0.05) is 5.39 Å². The van der Waals surface area contributed by atoms with Crippen LogP contribution in [0.5, 0.6) is 0 Å². The highest BCUT2D eigenvalue weighted by Crippen LogP contribution is 2.05. The molecule has 0 atom stereocenters. The van der Waals surface area contributed by atoms with Crippen LogP contribution in [0.2, 0.25) is 0 Å². The molecule has 108 valence electrons. The van der Waals surface area contributed by atoms with E-state index in [1.165, 1.54) is 0 Å². The molecule has 0 fully saturated rings. The Morgan fingerprint density at radius 1 is 0.500 bits per heavy atom. The molecule has 0 aliphatic heterocycles. The average molecular weight is 288 g/mol. The van der Waals surface area contributed by atoms with E-state index >= 15 is 0 Å². The van der Waals surface area contributed by atoms with Crippen molar-refractivity contribution in [3.8, 4) is 0 Å². The third-order valence-electron chi connectivity index (χ3n) is 2.61. The van der Waals surface area contributed by atoms with Crippen LogP contribution in [0.3, 0.4) is 0 Å². The fourth-order valence-electron chi connectivity index (χ4n) is 1.60. The molecule has 0 unspecified atom stereocenters. The van der Waals surface area contributed by atoms with E-state index in [0.717, 1.165) is 10.9 Å². The molecule has 0 spiro atoms. The SMILES string of the molecule is c1ccccccc2ccccc2nnnnccccc1. The van der Waals surface area contributed by atoms with E-state index in [0.29, 0.717) is 0 Å². The first-order chi connectivity index (χ1) is 11.0. The van der Waals surface area contributed by atoms with E-state index in [2.05, 4.69) is 20.6 Å². The van der Waals surface area contributed by atoms with Crippen molar-refractivity contribution in [3.05, 3.63) is 97.2 Å². The van der Waals surface area contributed by atoms with Crippen LogP contribution < -0.4 is 0 Å². The lowest BCUT2D eigenvalue weighted by molar-refractivity contribution is 0.802. The van der Waals surface area contributed by atoms with Crippen molar-refractivity contribution in [1.29, 1.82) is 0 Å². The standard InChI is InChI=1S/C18H16N4/c1-2-4-6-8-12-16-19-21-22-20-18-15-11-10-14-17(18)13-9-7-5-3-1/h1-16H. The summed E-state index contributed by atoms with van der Waals surface area (Å²) in [4.78, 5) is 0. The van der Waals surface area contributed by atoms with Gasteiger partial charge >= 0.3 is 0 Å². The van der Waals surface area contributed by atoms with Crippen LogP contribution in [0.1, 0.15) is 0 Å². The second-order valence-corrected chi connectivity index (χ2v) is 4.19. The smallest absolute Gasteiger partial charge is 0.0947 e. The first kappa shape index (κ1) is 15.3. The molecule has 22 heavy (non-hydrogen) atoms. The topological polar surface area (TPSA) is 51.6 Å². The number of hydrogen-bond donors (Lipinski definition) is 0. The summed E-state index contributed by atoms with van der Waals surface area (Å²) in [5, 5.41) is 16.1. The lowest BCUT2D eigenvalue weighted by Crippen LogP contribution is -1.82. The Labute approximate surface area is 129 Å². The monoisotopic (exact) mass is 288 g/mol. The van der Waals surface area contributed by atoms with E-state index in [1.807, 2.05) is 84.9 Å². The lowest BCUT2D eigenvalue weighted by atomic mass is 10.2. The Hall–Kier alpha value is -3.14. The second-order valence-electron chi connectivity index (χ2n) is 4.19. The second kappa shape index (κ2) is 9.72. The zero-order valence-electron chi connectivity index (χ0n) is 12.0. The minimum absolute atomic E-state index is 0.745. The number of rotatable bonds is 0. The van der Waals surface area contributed by atoms with Crippen LogP contribution in [0.15, 0.2) is 97.2 Å². The van der Waals surface area contributed by atoms with E-state index in [4.69, 9.17) is 0 Å². The maximum atomic E-state index is 4.06. The zero-order chi connectivity index (χ0) is 15.3. The summed E-state index contributed by atoms with van der Waals surface area (Å²) in [5.41, 5.74) is 0.745. The summed E-state index contributed by atoms with van der Waals surface area (Å²) in [5.74, 6) is 0. The number of fused-ring (bicyclic) bond motifs is 1. The number of aromatic nitrogens is 4. The molecule has 0 saturated carbocycles. The molecule has 1 aromatic carbocycles. The zero-order valence-corrected chi connectivity index (χ0v) is 12.0. The molecular formula is C18H16N4. The summed E-state index contributed by atoms with van der Waals surface area (Å²) >= 11 is 0. The average Bonchev–Trinajstić information content (AvgIpc) is 2.55. The first-order valence-electron chi connectivity index (χ1n) is 6.86. The normalized spacial score (nSPS) is 8.91. The predicted molar refractivity (Wildman–Crippen MR) is 88.0 cm³/mol. The highest BCUT2D eigenvalue weighted by atomic mass is 15.4. The highest BCUT2D eigenvalue weighted by Gasteiger charge is 1.85. The molecule has 1 aromatic heterocycles. The molecular weight excluding hydrogens is 272 g/mol. The maximum absolute atomic E-state index is 4.06. The Bertz CT molecular complexity index is 707. The van der Waals surface area contributed by atoms with Gasteiger partial charge in [0.05, 0.1) is 11.7 Å². The Morgan fingerprint density at radius 2 is 1.05 bits per heavy atom. The molecule has 4 nitrogen and oxygen atoms in total. The van der Waals surface area contributed by atoms with E-state index < -0.39 is 0 Å². The molecule has 1 heterocycles. The summed E-state index contributed by atoms with van der Waals surface area (Å²) in [6.07, 6.45) is 1.55. The summed E-state index contributed by atoms with van der Waals surface area (Å²) in [6, 6.07) is 28.9. The van der Waals surface area contributed by atoms with Crippen LogP contribution in [0, 0.1) is 0 Å².